The van der Waals surface area contributed by atoms with E-state index in [0.29, 0.717) is 22.7 Å². The van der Waals surface area contributed by atoms with Crippen molar-refractivity contribution >= 4 is 15.7 Å². The van der Waals surface area contributed by atoms with Crippen molar-refractivity contribution in [1.82, 2.24) is 0 Å². The summed E-state index contributed by atoms with van der Waals surface area (Å²) in [6.45, 7) is 3.63. The molecule has 118 valence electrons. The van der Waals surface area contributed by atoms with Gasteiger partial charge in [0, 0.05) is 11.8 Å². The summed E-state index contributed by atoms with van der Waals surface area (Å²) in [4.78, 5) is 0.200. The molecule has 0 fully saturated rings. The molecule has 1 N–H and O–H groups in total. The fourth-order valence-electron chi connectivity index (χ4n) is 2.19. The summed E-state index contributed by atoms with van der Waals surface area (Å²) in [6, 6.07) is 10.0. The number of hydrogen-bond donors (Lipinski definition) is 1. The lowest BCUT2D eigenvalue weighted by Gasteiger charge is -2.13. The Kier molecular flexibility index (Phi) is 4.61. The van der Waals surface area contributed by atoms with Crippen LogP contribution in [0.15, 0.2) is 41.3 Å². The molecule has 0 heterocycles. The molecule has 5 nitrogen and oxygen atoms in total. The molecule has 0 aromatic heterocycles. The maximum atomic E-state index is 12.6. The zero-order chi connectivity index (χ0) is 16.3. The summed E-state index contributed by atoms with van der Waals surface area (Å²) >= 11 is 0. The highest BCUT2D eigenvalue weighted by Gasteiger charge is 2.19. The standard InChI is InChI=1S/C16H19NO4S/c1-11-9-12(2)16(10-15(11)21-4)22(18,19)17-13-5-7-14(20-3)8-6-13/h5-10,17H,1-4H3. The summed E-state index contributed by atoms with van der Waals surface area (Å²) in [7, 11) is -0.608. The average molecular weight is 321 g/mol. The molecule has 0 unspecified atom stereocenters. The van der Waals surface area contributed by atoms with Crippen molar-refractivity contribution in [3.05, 3.63) is 47.5 Å². The van der Waals surface area contributed by atoms with E-state index < -0.39 is 10.0 Å². The Balaban J connectivity index is 2.37. The number of hydrogen-bond acceptors (Lipinski definition) is 4. The molecule has 0 spiro atoms. The molecule has 0 amide bonds. The first-order valence-corrected chi connectivity index (χ1v) is 8.18. The van der Waals surface area contributed by atoms with Crippen LogP contribution in [0.2, 0.25) is 0 Å². The van der Waals surface area contributed by atoms with Gasteiger partial charge in [0.1, 0.15) is 11.5 Å². The van der Waals surface area contributed by atoms with E-state index >= 15 is 0 Å². The lowest BCUT2D eigenvalue weighted by molar-refractivity contribution is 0.410. The fraction of sp³-hybridized carbons (Fsp3) is 0.250. The first kappa shape index (κ1) is 16.2. The molecule has 0 aliphatic carbocycles. The van der Waals surface area contributed by atoms with E-state index in [4.69, 9.17) is 9.47 Å². The van der Waals surface area contributed by atoms with Gasteiger partial charge in [-0.3, -0.25) is 4.72 Å². The normalized spacial score (nSPS) is 11.1. The second-order valence-corrected chi connectivity index (χ2v) is 6.57. The van der Waals surface area contributed by atoms with Crippen LogP contribution in [0.25, 0.3) is 0 Å². The van der Waals surface area contributed by atoms with Crippen LogP contribution in [-0.4, -0.2) is 22.6 Å². The second-order valence-electron chi connectivity index (χ2n) is 4.92. The third-order valence-corrected chi connectivity index (χ3v) is 4.85. The molecule has 0 radical (unpaired) electrons. The highest BCUT2D eigenvalue weighted by Crippen LogP contribution is 2.27. The van der Waals surface area contributed by atoms with E-state index in [9.17, 15) is 8.42 Å². The number of anilines is 1. The largest absolute Gasteiger partial charge is 0.497 e. The Morgan fingerprint density at radius 1 is 0.909 bits per heavy atom. The average Bonchev–Trinajstić information content (AvgIpc) is 2.47. The van der Waals surface area contributed by atoms with Crippen LogP contribution in [0, 0.1) is 13.8 Å². The third-order valence-electron chi connectivity index (χ3n) is 3.32. The van der Waals surface area contributed by atoms with Crippen molar-refractivity contribution < 1.29 is 17.9 Å². The first-order valence-electron chi connectivity index (χ1n) is 6.69. The number of benzene rings is 2. The summed E-state index contributed by atoms with van der Waals surface area (Å²) in [5.74, 6) is 1.21. The van der Waals surface area contributed by atoms with Crippen molar-refractivity contribution in [2.45, 2.75) is 18.7 Å². The molecule has 2 aromatic carbocycles. The van der Waals surface area contributed by atoms with Gasteiger partial charge in [0.15, 0.2) is 0 Å². The van der Waals surface area contributed by atoms with Gasteiger partial charge in [-0.2, -0.15) is 0 Å². The van der Waals surface area contributed by atoms with Crippen LogP contribution in [0.3, 0.4) is 0 Å². The molecular formula is C16H19NO4S. The monoisotopic (exact) mass is 321 g/mol. The van der Waals surface area contributed by atoms with Crippen LogP contribution in [0.5, 0.6) is 11.5 Å². The Labute approximate surface area is 130 Å². The minimum atomic E-state index is -3.68. The van der Waals surface area contributed by atoms with Gasteiger partial charge in [-0.15, -0.1) is 0 Å². The molecule has 2 rings (SSSR count). The molecule has 2 aromatic rings. The van der Waals surface area contributed by atoms with Crippen LogP contribution >= 0.6 is 0 Å². The summed E-state index contributed by atoms with van der Waals surface area (Å²) < 4.78 is 37.9. The van der Waals surface area contributed by atoms with E-state index in [0.717, 1.165) is 5.56 Å². The van der Waals surface area contributed by atoms with Crippen LogP contribution in [0.1, 0.15) is 11.1 Å². The van der Waals surface area contributed by atoms with Gasteiger partial charge in [-0.05, 0) is 49.2 Å². The smallest absolute Gasteiger partial charge is 0.262 e. The quantitative estimate of drug-likeness (QED) is 0.919. The fourth-order valence-corrected chi connectivity index (χ4v) is 3.49. The number of nitrogens with one attached hydrogen (secondary N) is 1. The second kappa shape index (κ2) is 6.27. The van der Waals surface area contributed by atoms with Crippen molar-refractivity contribution in [2.24, 2.45) is 0 Å². The van der Waals surface area contributed by atoms with Gasteiger partial charge in [0.05, 0.1) is 19.1 Å². The SMILES string of the molecule is COc1ccc(NS(=O)(=O)c2cc(OC)c(C)cc2C)cc1. The lowest BCUT2D eigenvalue weighted by Crippen LogP contribution is -2.14. The van der Waals surface area contributed by atoms with E-state index in [1.165, 1.54) is 13.2 Å². The van der Waals surface area contributed by atoms with Gasteiger partial charge < -0.3 is 9.47 Å². The predicted octanol–water partition coefficient (Wildman–Crippen LogP) is 3.12. The maximum absolute atomic E-state index is 12.6. The molecule has 0 saturated carbocycles. The number of aryl methyl sites for hydroxylation is 2. The lowest BCUT2D eigenvalue weighted by atomic mass is 10.1. The van der Waals surface area contributed by atoms with Crippen LogP contribution in [0.4, 0.5) is 5.69 Å². The zero-order valence-corrected chi connectivity index (χ0v) is 13.8. The molecule has 0 atom stereocenters. The van der Waals surface area contributed by atoms with E-state index in [1.807, 2.05) is 6.92 Å². The Morgan fingerprint density at radius 2 is 1.55 bits per heavy atom. The van der Waals surface area contributed by atoms with Gasteiger partial charge in [-0.25, -0.2) is 8.42 Å². The number of sulfonamides is 1. The Bertz CT molecular complexity index is 767. The van der Waals surface area contributed by atoms with Gasteiger partial charge >= 0.3 is 0 Å². The Morgan fingerprint density at radius 3 is 2.09 bits per heavy atom. The summed E-state index contributed by atoms with van der Waals surface area (Å²) in [5.41, 5.74) is 2.03. The maximum Gasteiger partial charge on any atom is 0.262 e. The molecule has 0 saturated heterocycles. The zero-order valence-electron chi connectivity index (χ0n) is 13.0. The van der Waals surface area contributed by atoms with E-state index in [2.05, 4.69) is 4.72 Å². The highest BCUT2D eigenvalue weighted by molar-refractivity contribution is 7.92. The van der Waals surface area contributed by atoms with E-state index in [1.54, 1.807) is 44.4 Å². The van der Waals surface area contributed by atoms with Crippen molar-refractivity contribution in [2.75, 3.05) is 18.9 Å². The number of methoxy groups -OCH3 is 2. The highest BCUT2D eigenvalue weighted by atomic mass is 32.2. The number of rotatable bonds is 5. The minimum Gasteiger partial charge on any atom is -0.497 e. The molecule has 0 aliphatic heterocycles. The van der Waals surface area contributed by atoms with Crippen molar-refractivity contribution in [1.29, 1.82) is 0 Å². The topological polar surface area (TPSA) is 64.6 Å². The van der Waals surface area contributed by atoms with Gasteiger partial charge in [-0.1, -0.05) is 6.07 Å². The van der Waals surface area contributed by atoms with Crippen LogP contribution in [-0.2, 0) is 10.0 Å². The van der Waals surface area contributed by atoms with E-state index in [-0.39, 0.29) is 4.90 Å². The third kappa shape index (κ3) is 3.33. The molecule has 0 bridgehead atoms. The molecule has 0 aliphatic rings. The van der Waals surface area contributed by atoms with Crippen LogP contribution < -0.4 is 14.2 Å². The minimum absolute atomic E-state index is 0.200. The molecule has 6 heteroatoms. The van der Waals surface area contributed by atoms with Gasteiger partial charge in [0.2, 0.25) is 0 Å². The molecule has 22 heavy (non-hydrogen) atoms. The summed E-state index contributed by atoms with van der Waals surface area (Å²) in [5, 5.41) is 0. The van der Waals surface area contributed by atoms with Crippen molar-refractivity contribution in [3.8, 4) is 11.5 Å². The first-order chi connectivity index (χ1) is 10.4. The Hall–Kier alpha value is -2.21. The predicted molar refractivity (Wildman–Crippen MR) is 86.3 cm³/mol. The number of ether oxygens (including phenoxy) is 2. The summed E-state index contributed by atoms with van der Waals surface area (Å²) in [6.07, 6.45) is 0. The van der Waals surface area contributed by atoms with Gasteiger partial charge in [0.25, 0.3) is 10.0 Å². The van der Waals surface area contributed by atoms with Crippen molar-refractivity contribution in [3.63, 3.8) is 0 Å². The molecular weight excluding hydrogens is 302 g/mol.